The van der Waals surface area contributed by atoms with Crippen LogP contribution >= 0.6 is 0 Å². The van der Waals surface area contributed by atoms with Gasteiger partial charge in [-0.05, 0) is 24.5 Å². The van der Waals surface area contributed by atoms with Gasteiger partial charge in [0.2, 0.25) is 0 Å². The molecule has 0 amide bonds. The van der Waals surface area contributed by atoms with Crippen molar-refractivity contribution in [3.63, 3.8) is 0 Å². The molecule has 0 bridgehead atoms. The molecule has 2 aromatic heterocycles. The average molecular weight is 347 g/mol. The minimum Gasteiger partial charge on any atom is -0.222 e. The van der Waals surface area contributed by atoms with Crippen molar-refractivity contribution < 1.29 is 21.6 Å². The molecule has 1 unspecified atom stereocenters. The lowest BCUT2D eigenvalue weighted by atomic mass is 9.99. The van der Waals surface area contributed by atoms with Crippen LogP contribution in [0.3, 0.4) is 0 Å². The summed E-state index contributed by atoms with van der Waals surface area (Å²) < 4.78 is 62.7. The van der Waals surface area contributed by atoms with Crippen molar-refractivity contribution in [3.05, 3.63) is 29.6 Å². The fraction of sp³-hybridized carbons (Fsp3) is 0.462. The van der Waals surface area contributed by atoms with Crippen molar-refractivity contribution >= 4 is 9.84 Å². The Kier molecular flexibility index (Phi) is 4.47. The molecule has 0 spiro atoms. The van der Waals surface area contributed by atoms with Crippen LogP contribution in [0.25, 0.3) is 5.82 Å². The molecule has 0 aliphatic carbocycles. The summed E-state index contributed by atoms with van der Waals surface area (Å²) in [4.78, 5) is 0. The fourth-order valence-electron chi connectivity index (χ4n) is 1.84. The van der Waals surface area contributed by atoms with Crippen LogP contribution in [-0.2, 0) is 16.0 Å². The van der Waals surface area contributed by atoms with E-state index in [-0.39, 0.29) is 22.3 Å². The van der Waals surface area contributed by atoms with E-state index in [1.165, 1.54) is 6.07 Å². The van der Waals surface area contributed by atoms with E-state index in [1.54, 1.807) is 13.8 Å². The molecule has 0 saturated carbocycles. The number of hydrogen-bond donors (Lipinski definition) is 0. The number of sulfone groups is 1. The van der Waals surface area contributed by atoms with Gasteiger partial charge in [0, 0.05) is 11.8 Å². The lowest BCUT2D eigenvalue weighted by Crippen LogP contribution is -2.11. The molecule has 2 heterocycles. The van der Waals surface area contributed by atoms with E-state index in [4.69, 9.17) is 0 Å². The molecular weight excluding hydrogens is 333 g/mol. The smallest absolute Gasteiger partial charge is 0.222 e. The molecule has 6 nitrogen and oxygen atoms in total. The molecule has 2 rings (SSSR count). The summed E-state index contributed by atoms with van der Waals surface area (Å²) in [6.45, 7) is 3.40. The third-order valence-electron chi connectivity index (χ3n) is 3.28. The first-order valence-electron chi connectivity index (χ1n) is 6.67. The predicted molar refractivity (Wildman–Crippen MR) is 74.8 cm³/mol. The number of hydrogen-bond acceptors (Lipinski definition) is 5. The first kappa shape index (κ1) is 17.4. The van der Waals surface area contributed by atoms with Crippen molar-refractivity contribution in [2.24, 2.45) is 0 Å². The van der Waals surface area contributed by atoms with E-state index in [2.05, 4.69) is 21.5 Å². The van der Waals surface area contributed by atoms with Gasteiger partial charge in [-0.3, -0.25) is 0 Å². The molecule has 0 saturated heterocycles. The normalized spacial score (nSPS) is 14.0. The standard InChI is InChI=1S/C13H14F3N4O2S/c1-4-8(2)9-7-20(19-12(9)13(14,15)16)10-5-6-11(18-17-10)23(3,21)22/h5-6,8H,4H2,1-3H3. The highest BCUT2D eigenvalue weighted by Crippen LogP contribution is 2.35. The number of alkyl halides is 3. The number of aromatic nitrogens is 4. The highest BCUT2D eigenvalue weighted by atomic mass is 32.2. The number of rotatable bonds is 4. The van der Waals surface area contributed by atoms with Gasteiger partial charge in [0.25, 0.3) is 0 Å². The van der Waals surface area contributed by atoms with E-state index in [0.29, 0.717) is 6.42 Å². The molecule has 1 radical (unpaired) electrons. The minimum atomic E-state index is -4.61. The summed E-state index contributed by atoms with van der Waals surface area (Å²) in [5, 5.41) is 10.3. The van der Waals surface area contributed by atoms with E-state index in [1.807, 2.05) is 0 Å². The van der Waals surface area contributed by atoms with Crippen LogP contribution in [0.2, 0.25) is 0 Å². The molecule has 0 aliphatic heterocycles. The van der Waals surface area contributed by atoms with Crippen LogP contribution in [0.5, 0.6) is 0 Å². The van der Waals surface area contributed by atoms with Gasteiger partial charge in [-0.2, -0.15) is 18.3 Å². The second-order valence-corrected chi connectivity index (χ2v) is 7.06. The SMILES string of the molecule is CCC(C)c1[c]n(-c2ccc(S(C)(=O)=O)nn2)nc1C(F)(F)F. The second kappa shape index (κ2) is 5.91. The Labute approximate surface area is 131 Å². The Morgan fingerprint density at radius 1 is 1.30 bits per heavy atom. The van der Waals surface area contributed by atoms with E-state index in [0.717, 1.165) is 17.0 Å². The number of nitrogens with zero attached hydrogens (tertiary/aromatic N) is 4. The van der Waals surface area contributed by atoms with Crippen molar-refractivity contribution in [3.8, 4) is 5.82 Å². The molecule has 0 aliphatic rings. The van der Waals surface area contributed by atoms with Crippen LogP contribution in [0.4, 0.5) is 13.2 Å². The largest absolute Gasteiger partial charge is 0.435 e. The van der Waals surface area contributed by atoms with Gasteiger partial charge in [-0.1, -0.05) is 13.8 Å². The summed E-state index contributed by atoms with van der Waals surface area (Å²) in [5.41, 5.74) is -1.09. The summed E-state index contributed by atoms with van der Waals surface area (Å²) in [6.07, 6.45) is -0.615. The van der Waals surface area contributed by atoms with Crippen LogP contribution in [0.15, 0.2) is 17.2 Å². The Bertz CT molecular complexity index is 798. The average Bonchev–Trinajstić information content (AvgIpc) is 2.91. The monoisotopic (exact) mass is 347 g/mol. The third kappa shape index (κ3) is 3.69. The molecule has 1 atom stereocenters. The van der Waals surface area contributed by atoms with Gasteiger partial charge in [0.15, 0.2) is 26.4 Å². The Morgan fingerprint density at radius 3 is 2.39 bits per heavy atom. The molecule has 23 heavy (non-hydrogen) atoms. The van der Waals surface area contributed by atoms with E-state index >= 15 is 0 Å². The molecule has 0 fully saturated rings. The summed E-state index contributed by atoms with van der Waals surface area (Å²) >= 11 is 0. The highest BCUT2D eigenvalue weighted by Gasteiger charge is 2.38. The summed E-state index contributed by atoms with van der Waals surface area (Å²) in [5.74, 6) is -0.430. The molecule has 10 heteroatoms. The first-order valence-corrected chi connectivity index (χ1v) is 8.56. The van der Waals surface area contributed by atoms with Crippen molar-refractivity contribution in [1.29, 1.82) is 0 Å². The first-order chi connectivity index (χ1) is 10.5. The maximum atomic E-state index is 13.1. The van der Waals surface area contributed by atoms with Gasteiger partial charge in [-0.25, -0.2) is 13.1 Å². The topological polar surface area (TPSA) is 77.7 Å². The van der Waals surface area contributed by atoms with E-state index < -0.39 is 21.7 Å². The van der Waals surface area contributed by atoms with Crippen molar-refractivity contribution in [2.45, 2.75) is 37.4 Å². The maximum Gasteiger partial charge on any atom is 0.435 e. The lowest BCUT2D eigenvalue weighted by molar-refractivity contribution is -0.142. The zero-order valence-electron chi connectivity index (χ0n) is 12.6. The van der Waals surface area contributed by atoms with Crippen LogP contribution in [-0.4, -0.2) is 34.7 Å². The minimum absolute atomic E-state index is 0.0440. The fourth-order valence-corrected chi connectivity index (χ4v) is 2.34. The van der Waals surface area contributed by atoms with E-state index in [9.17, 15) is 21.6 Å². The van der Waals surface area contributed by atoms with Crippen LogP contribution < -0.4 is 0 Å². The quantitative estimate of drug-likeness (QED) is 0.849. The summed E-state index contributed by atoms with van der Waals surface area (Å²) in [7, 11) is -3.54. The molecule has 0 N–H and O–H groups in total. The Balaban J connectivity index is 2.50. The Hall–Kier alpha value is -1.97. The zero-order valence-corrected chi connectivity index (χ0v) is 13.4. The summed E-state index contributed by atoms with van der Waals surface area (Å²) in [6, 6.07) is 2.39. The Morgan fingerprint density at radius 2 is 1.96 bits per heavy atom. The highest BCUT2D eigenvalue weighted by molar-refractivity contribution is 7.90. The maximum absolute atomic E-state index is 13.1. The van der Waals surface area contributed by atoms with Crippen LogP contribution in [0.1, 0.15) is 37.4 Å². The van der Waals surface area contributed by atoms with Gasteiger partial charge >= 0.3 is 6.18 Å². The molecular formula is C13H14F3N4O2S. The third-order valence-corrected chi connectivity index (χ3v) is 4.26. The van der Waals surface area contributed by atoms with Crippen LogP contribution in [0, 0.1) is 6.20 Å². The van der Waals surface area contributed by atoms with Gasteiger partial charge in [-0.15, -0.1) is 10.2 Å². The molecule has 0 aromatic carbocycles. The zero-order chi connectivity index (χ0) is 17.4. The molecule has 2 aromatic rings. The lowest BCUT2D eigenvalue weighted by Gasteiger charge is -2.09. The van der Waals surface area contributed by atoms with Gasteiger partial charge in [0.05, 0.1) is 6.20 Å². The van der Waals surface area contributed by atoms with Crippen molar-refractivity contribution in [1.82, 2.24) is 20.0 Å². The van der Waals surface area contributed by atoms with Gasteiger partial charge < -0.3 is 0 Å². The number of halogens is 3. The van der Waals surface area contributed by atoms with Crippen molar-refractivity contribution in [2.75, 3.05) is 6.26 Å². The second-order valence-electron chi connectivity index (χ2n) is 5.09. The van der Waals surface area contributed by atoms with Gasteiger partial charge in [0.1, 0.15) is 0 Å². The predicted octanol–water partition coefficient (Wildman–Crippen LogP) is 2.40. The molecule has 125 valence electrons.